The van der Waals surface area contributed by atoms with Crippen molar-refractivity contribution in [1.82, 2.24) is 5.32 Å². The molecule has 0 aliphatic heterocycles. The highest BCUT2D eigenvalue weighted by Gasteiger charge is 2.05. The first-order chi connectivity index (χ1) is 8.77. The molecule has 0 fully saturated rings. The van der Waals surface area contributed by atoms with Gasteiger partial charge in [-0.1, -0.05) is 18.1 Å². The minimum Gasteiger partial charge on any atom is -0.494 e. The molecule has 18 heavy (non-hydrogen) atoms. The van der Waals surface area contributed by atoms with E-state index in [1.54, 1.807) is 18.2 Å². The predicted molar refractivity (Wildman–Crippen MR) is 68.6 cm³/mol. The number of hydrogen-bond donors (Lipinski definition) is 1. The maximum atomic E-state index is 11.7. The van der Waals surface area contributed by atoms with Gasteiger partial charge in [0.2, 0.25) is 0 Å². The number of nitrogens with one attached hydrogen (secondary N) is 1. The molecule has 0 unspecified atom stereocenters. The van der Waals surface area contributed by atoms with Crippen molar-refractivity contribution in [3.8, 4) is 5.75 Å². The summed E-state index contributed by atoms with van der Waals surface area (Å²) in [5.41, 5.74) is 8.63. The Morgan fingerprint density at radius 3 is 3.11 bits per heavy atom. The van der Waals surface area contributed by atoms with Gasteiger partial charge in [0, 0.05) is 23.6 Å². The van der Waals surface area contributed by atoms with Crippen LogP contribution in [0.2, 0.25) is 0 Å². The van der Waals surface area contributed by atoms with Crippen LogP contribution in [-0.4, -0.2) is 25.6 Å². The number of hydrogen-bond acceptors (Lipinski definition) is 3. The molecule has 0 bridgehead atoms. The number of ether oxygens (including phenoxy) is 1. The van der Waals surface area contributed by atoms with E-state index in [1.807, 2.05) is 13.0 Å². The average Bonchev–Trinajstić information content (AvgIpc) is 2.41. The highest BCUT2D eigenvalue weighted by molar-refractivity contribution is 5.94. The number of rotatable bonds is 7. The van der Waals surface area contributed by atoms with Gasteiger partial charge in [0.1, 0.15) is 5.75 Å². The third kappa shape index (κ3) is 4.76. The summed E-state index contributed by atoms with van der Waals surface area (Å²) in [6.07, 6.45) is 0.919. The Balaban J connectivity index is 2.53. The van der Waals surface area contributed by atoms with Crippen molar-refractivity contribution in [3.05, 3.63) is 40.3 Å². The molecule has 0 aliphatic rings. The van der Waals surface area contributed by atoms with Crippen LogP contribution in [0.25, 0.3) is 10.4 Å². The maximum absolute atomic E-state index is 11.7. The van der Waals surface area contributed by atoms with Gasteiger partial charge in [0.15, 0.2) is 0 Å². The van der Waals surface area contributed by atoms with Gasteiger partial charge in [-0.2, -0.15) is 0 Å². The first-order valence-electron chi connectivity index (χ1n) is 5.80. The summed E-state index contributed by atoms with van der Waals surface area (Å²) < 4.78 is 5.44. The molecule has 1 rings (SSSR count). The van der Waals surface area contributed by atoms with Crippen LogP contribution < -0.4 is 10.1 Å². The fraction of sp³-hybridized carbons (Fsp3) is 0.417. The van der Waals surface area contributed by atoms with Gasteiger partial charge in [-0.3, -0.25) is 4.79 Å². The van der Waals surface area contributed by atoms with E-state index in [9.17, 15) is 4.79 Å². The Hall–Kier alpha value is -2.20. The van der Waals surface area contributed by atoms with Gasteiger partial charge in [-0.05, 0) is 30.2 Å². The molecular weight excluding hydrogens is 232 g/mol. The normalized spacial score (nSPS) is 9.39. The number of amides is 1. The maximum Gasteiger partial charge on any atom is 0.251 e. The summed E-state index contributed by atoms with van der Waals surface area (Å²) in [5, 5.41) is 5.99. The molecule has 96 valence electrons. The van der Waals surface area contributed by atoms with E-state index in [0.717, 1.165) is 6.42 Å². The van der Waals surface area contributed by atoms with Gasteiger partial charge < -0.3 is 10.1 Å². The Bertz CT molecular complexity index is 441. The van der Waals surface area contributed by atoms with Crippen LogP contribution in [0, 0.1) is 0 Å². The van der Waals surface area contributed by atoms with E-state index < -0.39 is 0 Å². The van der Waals surface area contributed by atoms with Crippen LogP contribution in [0.3, 0.4) is 0 Å². The Morgan fingerprint density at radius 2 is 2.39 bits per heavy atom. The van der Waals surface area contributed by atoms with Gasteiger partial charge in [0.05, 0.1) is 6.61 Å². The summed E-state index contributed by atoms with van der Waals surface area (Å²) in [5.74, 6) is 0.477. The second-order valence-corrected chi connectivity index (χ2v) is 3.59. The Labute approximate surface area is 106 Å². The van der Waals surface area contributed by atoms with Crippen LogP contribution in [0.15, 0.2) is 29.4 Å². The van der Waals surface area contributed by atoms with Crippen molar-refractivity contribution in [2.75, 3.05) is 19.7 Å². The molecule has 0 spiro atoms. The van der Waals surface area contributed by atoms with E-state index >= 15 is 0 Å². The van der Waals surface area contributed by atoms with Crippen LogP contribution in [-0.2, 0) is 0 Å². The SMILES string of the molecule is CCCOc1cccc(C(=O)NCCN=[N+]=[N-])c1. The van der Waals surface area contributed by atoms with Crippen LogP contribution >= 0.6 is 0 Å². The smallest absolute Gasteiger partial charge is 0.251 e. The fourth-order valence-electron chi connectivity index (χ4n) is 1.31. The van der Waals surface area contributed by atoms with E-state index in [0.29, 0.717) is 24.5 Å². The molecule has 6 heteroatoms. The average molecular weight is 248 g/mol. The summed E-state index contributed by atoms with van der Waals surface area (Å²) in [6.45, 7) is 3.21. The zero-order chi connectivity index (χ0) is 13.2. The van der Waals surface area contributed by atoms with E-state index in [1.165, 1.54) is 0 Å². The molecular formula is C12H16N4O2. The lowest BCUT2D eigenvalue weighted by Gasteiger charge is -2.07. The molecule has 0 saturated heterocycles. The number of azide groups is 1. The standard InChI is InChI=1S/C12H16N4O2/c1-2-8-18-11-5-3-4-10(9-11)12(17)14-6-7-15-16-13/h3-5,9H,2,6-8H2,1H3,(H,14,17). The molecule has 0 heterocycles. The molecule has 0 aromatic heterocycles. The molecule has 1 aromatic carbocycles. The minimum absolute atomic E-state index is 0.204. The van der Waals surface area contributed by atoms with Crippen molar-refractivity contribution in [2.45, 2.75) is 13.3 Å². The summed E-state index contributed by atoms with van der Waals surface area (Å²) in [7, 11) is 0. The second-order valence-electron chi connectivity index (χ2n) is 3.59. The third-order valence-corrected chi connectivity index (χ3v) is 2.13. The quantitative estimate of drug-likeness (QED) is 0.348. The molecule has 6 nitrogen and oxygen atoms in total. The summed E-state index contributed by atoms with van der Waals surface area (Å²) in [6, 6.07) is 6.99. The highest BCUT2D eigenvalue weighted by Crippen LogP contribution is 2.13. The molecule has 0 saturated carbocycles. The lowest BCUT2D eigenvalue weighted by molar-refractivity contribution is 0.0954. The zero-order valence-electron chi connectivity index (χ0n) is 10.3. The van der Waals surface area contributed by atoms with Gasteiger partial charge >= 0.3 is 0 Å². The molecule has 1 N–H and O–H groups in total. The lowest BCUT2D eigenvalue weighted by Crippen LogP contribution is -2.25. The van der Waals surface area contributed by atoms with Gasteiger partial charge in [-0.25, -0.2) is 0 Å². The van der Waals surface area contributed by atoms with E-state index in [-0.39, 0.29) is 12.5 Å². The van der Waals surface area contributed by atoms with Crippen molar-refractivity contribution in [1.29, 1.82) is 0 Å². The monoisotopic (exact) mass is 248 g/mol. The largest absolute Gasteiger partial charge is 0.494 e. The summed E-state index contributed by atoms with van der Waals surface area (Å²) in [4.78, 5) is 14.3. The Morgan fingerprint density at radius 1 is 1.56 bits per heavy atom. The van der Waals surface area contributed by atoms with E-state index in [2.05, 4.69) is 15.3 Å². The number of carbonyl (C=O) groups is 1. The van der Waals surface area contributed by atoms with Crippen LogP contribution in [0.1, 0.15) is 23.7 Å². The highest BCUT2D eigenvalue weighted by atomic mass is 16.5. The molecule has 1 aromatic rings. The predicted octanol–water partition coefficient (Wildman–Crippen LogP) is 2.52. The van der Waals surface area contributed by atoms with Crippen molar-refractivity contribution < 1.29 is 9.53 Å². The van der Waals surface area contributed by atoms with Gasteiger partial charge in [-0.15, -0.1) is 0 Å². The van der Waals surface area contributed by atoms with E-state index in [4.69, 9.17) is 10.3 Å². The van der Waals surface area contributed by atoms with Gasteiger partial charge in [0.25, 0.3) is 5.91 Å². The number of benzene rings is 1. The number of nitrogens with zero attached hydrogens (tertiary/aromatic N) is 3. The van der Waals surface area contributed by atoms with Crippen LogP contribution in [0.5, 0.6) is 5.75 Å². The zero-order valence-corrected chi connectivity index (χ0v) is 10.3. The lowest BCUT2D eigenvalue weighted by atomic mass is 10.2. The third-order valence-electron chi connectivity index (χ3n) is 2.13. The second kappa shape index (κ2) is 7.97. The first-order valence-corrected chi connectivity index (χ1v) is 5.80. The summed E-state index contributed by atoms with van der Waals surface area (Å²) >= 11 is 0. The molecule has 0 atom stereocenters. The Kier molecular flexibility index (Phi) is 6.14. The van der Waals surface area contributed by atoms with Crippen molar-refractivity contribution in [3.63, 3.8) is 0 Å². The van der Waals surface area contributed by atoms with Crippen molar-refractivity contribution >= 4 is 5.91 Å². The minimum atomic E-state index is -0.204. The molecule has 0 radical (unpaired) electrons. The van der Waals surface area contributed by atoms with Crippen LogP contribution in [0.4, 0.5) is 0 Å². The first kappa shape index (κ1) is 13.9. The molecule has 1 amide bonds. The molecule has 0 aliphatic carbocycles. The number of carbonyl (C=O) groups excluding carboxylic acids is 1. The fourth-order valence-corrected chi connectivity index (χ4v) is 1.31. The van der Waals surface area contributed by atoms with Crippen molar-refractivity contribution in [2.24, 2.45) is 5.11 Å². The topological polar surface area (TPSA) is 87.1 Å².